The molecule has 2 heterocycles. The van der Waals surface area contributed by atoms with Gasteiger partial charge in [-0.2, -0.15) is 0 Å². The van der Waals surface area contributed by atoms with Crippen LogP contribution in [0.1, 0.15) is 18.5 Å². The van der Waals surface area contributed by atoms with E-state index in [0.717, 1.165) is 38.0 Å². The quantitative estimate of drug-likeness (QED) is 0.851. The lowest BCUT2D eigenvalue weighted by Crippen LogP contribution is -2.22. The molecule has 1 aliphatic rings. The van der Waals surface area contributed by atoms with E-state index >= 15 is 0 Å². The van der Waals surface area contributed by atoms with E-state index in [1.165, 1.54) is 0 Å². The lowest BCUT2D eigenvalue weighted by molar-refractivity contribution is 0.353. The van der Waals surface area contributed by atoms with E-state index in [0.29, 0.717) is 16.4 Å². The van der Waals surface area contributed by atoms with Gasteiger partial charge in [-0.25, -0.2) is 4.98 Å². The molecule has 3 nitrogen and oxygen atoms in total. The maximum atomic E-state index is 5.96. The zero-order valence-electron chi connectivity index (χ0n) is 7.84. The van der Waals surface area contributed by atoms with E-state index in [9.17, 15) is 0 Å². The molecule has 2 rings (SSSR count). The molecule has 0 fully saturated rings. The van der Waals surface area contributed by atoms with Crippen LogP contribution in [0.5, 0.6) is 0 Å². The normalized spacial score (nSPS) is 20.9. The molecule has 0 radical (unpaired) electrons. The van der Waals surface area contributed by atoms with Crippen LogP contribution >= 0.6 is 23.2 Å². The second-order valence-corrected chi connectivity index (χ2v) is 4.41. The van der Waals surface area contributed by atoms with Crippen molar-refractivity contribution in [2.24, 2.45) is 11.7 Å². The molecule has 0 saturated carbocycles. The van der Waals surface area contributed by atoms with Crippen LogP contribution in [0, 0.1) is 5.92 Å². The highest BCUT2D eigenvalue weighted by Gasteiger charge is 2.23. The summed E-state index contributed by atoms with van der Waals surface area (Å²) < 4.78 is 2.01. The van der Waals surface area contributed by atoms with E-state index in [4.69, 9.17) is 28.9 Å². The topological polar surface area (TPSA) is 43.8 Å². The van der Waals surface area contributed by atoms with Crippen molar-refractivity contribution in [1.82, 2.24) is 9.55 Å². The molecule has 0 aromatic carbocycles. The van der Waals surface area contributed by atoms with Gasteiger partial charge in [0.25, 0.3) is 0 Å². The molecule has 5 heteroatoms. The zero-order valence-corrected chi connectivity index (χ0v) is 9.35. The number of imidazole rings is 1. The standard InChI is InChI=1S/C9H13Cl2N3/c10-8-7-2-1-6(3-4-12)5-14(7)9(11)13-8/h6H,1-5,12H2. The van der Waals surface area contributed by atoms with Crippen LogP contribution in [0.3, 0.4) is 0 Å². The molecule has 14 heavy (non-hydrogen) atoms. The van der Waals surface area contributed by atoms with Gasteiger partial charge in [0, 0.05) is 6.54 Å². The van der Waals surface area contributed by atoms with E-state index in [-0.39, 0.29) is 0 Å². The van der Waals surface area contributed by atoms with Crippen molar-refractivity contribution in [3.05, 3.63) is 16.1 Å². The van der Waals surface area contributed by atoms with Gasteiger partial charge in [0.2, 0.25) is 5.28 Å². The molecule has 0 bridgehead atoms. The number of rotatable bonds is 2. The average Bonchev–Trinajstić information content (AvgIpc) is 2.43. The monoisotopic (exact) mass is 233 g/mol. The molecule has 1 unspecified atom stereocenters. The Morgan fingerprint density at radius 2 is 2.29 bits per heavy atom. The minimum Gasteiger partial charge on any atom is -0.330 e. The second kappa shape index (κ2) is 4.09. The van der Waals surface area contributed by atoms with Crippen LogP contribution in [-0.4, -0.2) is 16.1 Å². The fourth-order valence-electron chi connectivity index (χ4n) is 2.01. The summed E-state index contributed by atoms with van der Waals surface area (Å²) in [7, 11) is 0. The summed E-state index contributed by atoms with van der Waals surface area (Å²) in [6.45, 7) is 1.64. The Kier molecular flexibility index (Phi) is 3.00. The van der Waals surface area contributed by atoms with Gasteiger partial charge < -0.3 is 10.3 Å². The second-order valence-electron chi connectivity index (χ2n) is 3.71. The van der Waals surface area contributed by atoms with Crippen LogP contribution in [0.4, 0.5) is 0 Å². The van der Waals surface area contributed by atoms with E-state index in [1.54, 1.807) is 0 Å². The van der Waals surface area contributed by atoms with Gasteiger partial charge in [0.1, 0.15) is 0 Å². The number of nitrogens with zero attached hydrogens (tertiary/aromatic N) is 2. The number of hydrogen-bond donors (Lipinski definition) is 1. The van der Waals surface area contributed by atoms with Gasteiger partial charge in [-0.05, 0) is 43.3 Å². The van der Waals surface area contributed by atoms with Gasteiger partial charge in [-0.15, -0.1) is 0 Å². The Bertz CT molecular complexity index is 335. The molecule has 0 amide bonds. The number of hydrogen-bond acceptors (Lipinski definition) is 2. The van der Waals surface area contributed by atoms with E-state index in [2.05, 4.69) is 4.98 Å². The Labute approximate surface area is 93.2 Å². The first-order valence-corrected chi connectivity index (χ1v) is 5.58. The summed E-state index contributed by atoms with van der Waals surface area (Å²) in [5.74, 6) is 0.621. The molecule has 1 aliphatic heterocycles. The summed E-state index contributed by atoms with van der Waals surface area (Å²) in [5.41, 5.74) is 6.61. The van der Waals surface area contributed by atoms with Gasteiger partial charge in [-0.3, -0.25) is 0 Å². The van der Waals surface area contributed by atoms with Gasteiger partial charge in [0.15, 0.2) is 5.15 Å². The van der Waals surface area contributed by atoms with Crippen LogP contribution in [-0.2, 0) is 13.0 Å². The minimum absolute atomic E-state index is 0.506. The Morgan fingerprint density at radius 1 is 1.50 bits per heavy atom. The van der Waals surface area contributed by atoms with Crippen molar-refractivity contribution in [3.8, 4) is 0 Å². The number of fused-ring (bicyclic) bond motifs is 1. The van der Waals surface area contributed by atoms with Crippen molar-refractivity contribution in [2.45, 2.75) is 25.8 Å². The summed E-state index contributed by atoms with van der Waals surface area (Å²) in [5, 5.41) is 1.06. The highest BCUT2D eigenvalue weighted by atomic mass is 35.5. The highest BCUT2D eigenvalue weighted by molar-refractivity contribution is 6.32. The van der Waals surface area contributed by atoms with Crippen LogP contribution in [0.15, 0.2) is 0 Å². The fraction of sp³-hybridized carbons (Fsp3) is 0.667. The third-order valence-corrected chi connectivity index (χ3v) is 3.37. The molecule has 2 N–H and O–H groups in total. The van der Waals surface area contributed by atoms with Crippen LogP contribution in [0.25, 0.3) is 0 Å². The molecule has 0 aliphatic carbocycles. The molecule has 0 spiro atoms. The van der Waals surface area contributed by atoms with Gasteiger partial charge in [0.05, 0.1) is 5.69 Å². The molecule has 1 atom stereocenters. The maximum Gasteiger partial charge on any atom is 0.204 e. The van der Waals surface area contributed by atoms with Gasteiger partial charge in [-0.1, -0.05) is 11.6 Å². The van der Waals surface area contributed by atoms with Crippen molar-refractivity contribution in [3.63, 3.8) is 0 Å². The molecular weight excluding hydrogens is 221 g/mol. The first-order chi connectivity index (χ1) is 6.72. The summed E-state index contributed by atoms with van der Waals surface area (Å²) in [6, 6.07) is 0. The lowest BCUT2D eigenvalue weighted by atomic mass is 9.95. The predicted molar refractivity (Wildman–Crippen MR) is 57.7 cm³/mol. The Morgan fingerprint density at radius 3 is 3.00 bits per heavy atom. The lowest BCUT2D eigenvalue weighted by Gasteiger charge is -2.24. The molecular formula is C9H13Cl2N3. The number of aromatic nitrogens is 2. The van der Waals surface area contributed by atoms with E-state index < -0.39 is 0 Å². The van der Waals surface area contributed by atoms with Crippen LogP contribution < -0.4 is 5.73 Å². The third kappa shape index (κ3) is 1.76. The average molecular weight is 234 g/mol. The zero-order chi connectivity index (χ0) is 10.1. The first kappa shape index (κ1) is 10.3. The van der Waals surface area contributed by atoms with Gasteiger partial charge >= 0.3 is 0 Å². The molecule has 1 aromatic rings. The first-order valence-electron chi connectivity index (χ1n) is 4.83. The minimum atomic E-state index is 0.506. The predicted octanol–water partition coefficient (Wildman–Crippen LogP) is 2.10. The maximum absolute atomic E-state index is 5.96. The SMILES string of the molecule is NCCC1CCc2c(Cl)nc(Cl)n2C1. The number of nitrogens with two attached hydrogens (primary N) is 1. The highest BCUT2D eigenvalue weighted by Crippen LogP contribution is 2.30. The molecule has 78 valence electrons. The summed E-state index contributed by atoms with van der Waals surface area (Å²) >= 11 is 11.9. The fourth-order valence-corrected chi connectivity index (χ4v) is 2.59. The number of halogens is 2. The molecule has 0 saturated heterocycles. The van der Waals surface area contributed by atoms with Crippen LogP contribution in [0.2, 0.25) is 10.4 Å². The summed E-state index contributed by atoms with van der Waals surface area (Å²) in [6.07, 6.45) is 3.15. The molecule has 1 aromatic heterocycles. The van der Waals surface area contributed by atoms with Crippen molar-refractivity contribution in [1.29, 1.82) is 0 Å². The van der Waals surface area contributed by atoms with Crippen molar-refractivity contribution in [2.75, 3.05) is 6.54 Å². The van der Waals surface area contributed by atoms with Crippen molar-refractivity contribution >= 4 is 23.2 Å². The third-order valence-electron chi connectivity index (χ3n) is 2.78. The van der Waals surface area contributed by atoms with Crippen molar-refractivity contribution < 1.29 is 0 Å². The Hall–Kier alpha value is -0.250. The largest absolute Gasteiger partial charge is 0.330 e. The smallest absolute Gasteiger partial charge is 0.204 e. The summed E-state index contributed by atoms with van der Waals surface area (Å²) in [4.78, 5) is 4.05. The van der Waals surface area contributed by atoms with E-state index in [1.807, 2.05) is 4.57 Å². The Balaban J connectivity index is 2.21.